The molecule has 2 aliphatic rings. The van der Waals surface area contributed by atoms with E-state index in [1.165, 1.54) is 16.0 Å². The van der Waals surface area contributed by atoms with Crippen LogP contribution in [0.2, 0.25) is 0 Å². The van der Waals surface area contributed by atoms with Gasteiger partial charge in [-0.25, -0.2) is 4.79 Å². The number of carbonyl (C=O) groups is 3. The summed E-state index contributed by atoms with van der Waals surface area (Å²) >= 11 is 0. The van der Waals surface area contributed by atoms with Crippen molar-refractivity contribution >= 4 is 23.5 Å². The Bertz CT molecular complexity index is 1340. The number of ketones is 1. The number of amides is 2. The Labute approximate surface area is 236 Å². The number of ether oxygens (including phenoxy) is 1. The Kier molecular flexibility index (Phi) is 7.54. The number of carbonyl (C=O) groups excluding carboxylic acids is 3. The van der Waals surface area contributed by atoms with E-state index in [0.29, 0.717) is 25.2 Å². The first-order chi connectivity index (χ1) is 19.1. The molecule has 0 N–H and O–H groups in total. The molecule has 40 heavy (non-hydrogen) atoms. The minimum absolute atomic E-state index is 0.0119. The van der Waals surface area contributed by atoms with Crippen molar-refractivity contribution in [3.63, 3.8) is 0 Å². The van der Waals surface area contributed by atoms with Crippen LogP contribution >= 0.6 is 0 Å². The minimum atomic E-state index is -0.626. The van der Waals surface area contributed by atoms with Gasteiger partial charge in [-0.05, 0) is 49.9 Å². The van der Waals surface area contributed by atoms with Gasteiger partial charge in [0.05, 0.1) is 12.1 Å². The predicted octanol–water partition coefficient (Wildman–Crippen LogP) is 6.02. The molecule has 1 saturated carbocycles. The Morgan fingerprint density at radius 1 is 0.900 bits per heavy atom. The van der Waals surface area contributed by atoms with Crippen LogP contribution in [0.25, 0.3) is 0 Å². The van der Waals surface area contributed by atoms with E-state index in [1.807, 2.05) is 62.1 Å². The van der Waals surface area contributed by atoms with E-state index in [9.17, 15) is 14.4 Å². The topological polar surface area (TPSA) is 66.9 Å². The van der Waals surface area contributed by atoms with Crippen LogP contribution in [-0.2, 0) is 26.2 Å². The van der Waals surface area contributed by atoms with Gasteiger partial charge in [0.15, 0.2) is 0 Å². The third-order valence-electron chi connectivity index (χ3n) is 8.42. The summed E-state index contributed by atoms with van der Waals surface area (Å²) in [5, 5.41) is 0. The van der Waals surface area contributed by atoms with Gasteiger partial charge in [0.2, 0.25) is 5.91 Å². The van der Waals surface area contributed by atoms with Crippen LogP contribution in [0.4, 0.5) is 10.5 Å². The lowest BCUT2D eigenvalue weighted by Crippen LogP contribution is -2.47. The predicted molar refractivity (Wildman–Crippen MR) is 156 cm³/mol. The number of rotatable bonds is 5. The van der Waals surface area contributed by atoms with E-state index in [4.69, 9.17) is 4.74 Å². The summed E-state index contributed by atoms with van der Waals surface area (Å²) in [4.78, 5) is 43.2. The number of likely N-dealkylation sites (tertiary alicyclic amines) is 1. The molecule has 2 atom stereocenters. The molecule has 0 radical (unpaired) electrons. The van der Waals surface area contributed by atoms with Crippen molar-refractivity contribution in [1.29, 1.82) is 0 Å². The summed E-state index contributed by atoms with van der Waals surface area (Å²) in [6, 6.07) is 28.3. The van der Waals surface area contributed by atoms with Crippen LogP contribution < -0.4 is 4.90 Å². The first-order valence-corrected chi connectivity index (χ1v) is 14.1. The van der Waals surface area contributed by atoms with Gasteiger partial charge in [0.25, 0.3) is 0 Å². The standard InChI is InChI=1S/C34H38N2O4/c1-33(2,3)40-32(39)35(4)29-18-12-11-13-24(29)21-31(38)36-22-27-28(23-36)34(20-19-30(27)37,25-14-7-5-8-15-25)26-16-9-6-10-17-26/h5-18,27-28H,19-23H2,1-4H3. The maximum atomic E-state index is 13.8. The molecule has 1 heterocycles. The zero-order chi connectivity index (χ0) is 28.5. The van der Waals surface area contributed by atoms with Crippen molar-refractivity contribution < 1.29 is 19.1 Å². The summed E-state index contributed by atoms with van der Waals surface area (Å²) < 4.78 is 5.55. The van der Waals surface area contributed by atoms with E-state index in [1.54, 1.807) is 7.05 Å². The lowest BCUT2D eigenvalue weighted by molar-refractivity contribution is -0.129. The number of fused-ring (bicyclic) bond motifs is 1. The summed E-state index contributed by atoms with van der Waals surface area (Å²) in [6.07, 6.45) is 0.893. The van der Waals surface area contributed by atoms with E-state index in [0.717, 1.165) is 12.0 Å². The molecule has 0 bridgehead atoms. The Morgan fingerprint density at radius 2 is 1.48 bits per heavy atom. The molecule has 2 fully saturated rings. The first-order valence-electron chi connectivity index (χ1n) is 14.1. The highest BCUT2D eigenvalue weighted by atomic mass is 16.6. The highest BCUT2D eigenvalue weighted by Gasteiger charge is 2.55. The maximum absolute atomic E-state index is 13.8. The number of para-hydroxylation sites is 1. The molecule has 5 rings (SSSR count). The van der Waals surface area contributed by atoms with Crippen LogP contribution in [0.3, 0.4) is 0 Å². The second-order valence-electron chi connectivity index (χ2n) is 12.0. The fourth-order valence-electron chi connectivity index (χ4n) is 6.57. The van der Waals surface area contributed by atoms with E-state index in [-0.39, 0.29) is 35.4 Å². The monoisotopic (exact) mass is 538 g/mol. The quantitative estimate of drug-likeness (QED) is 0.398. The fraction of sp³-hybridized carbons (Fsp3) is 0.382. The molecule has 3 aromatic rings. The molecule has 2 unspecified atom stereocenters. The van der Waals surface area contributed by atoms with Crippen LogP contribution in [-0.4, -0.2) is 48.4 Å². The van der Waals surface area contributed by atoms with E-state index in [2.05, 4.69) is 48.5 Å². The van der Waals surface area contributed by atoms with Gasteiger partial charge in [0.1, 0.15) is 11.4 Å². The van der Waals surface area contributed by atoms with Crippen molar-refractivity contribution in [1.82, 2.24) is 4.90 Å². The second kappa shape index (κ2) is 10.9. The van der Waals surface area contributed by atoms with Crippen LogP contribution in [0.1, 0.15) is 50.3 Å². The van der Waals surface area contributed by atoms with Gasteiger partial charge in [-0.2, -0.15) is 0 Å². The van der Waals surface area contributed by atoms with Gasteiger partial charge in [-0.3, -0.25) is 14.5 Å². The lowest BCUT2D eigenvalue weighted by atomic mass is 9.56. The molecule has 2 amide bonds. The van der Waals surface area contributed by atoms with E-state index < -0.39 is 11.7 Å². The molecule has 1 aliphatic carbocycles. The van der Waals surface area contributed by atoms with Crippen molar-refractivity contribution in [2.24, 2.45) is 11.8 Å². The fourth-order valence-corrected chi connectivity index (χ4v) is 6.57. The average Bonchev–Trinajstić information content (AvgIpc) is 3.41. The summed E-state index contributed by atoms with van der Waals surface area (Å²) in [5.41, 5.74) is 2.81. The summed E-state index contributed by atoms with van der Waals surface area (Å²) in [7, 11) is 1.66. The number of hydrogen-bond acceptors (Lipinski definition) is 4. The molecular weight excluding hydrogens is 500 g/mol. The molecule has 0 aromatic heterocycles. The van der Waals surface area contributed by atoms with Gasteiger partial charge >= 0.3 is 6.09 Å². The normalized spacial score (nSPS) is 20.1. The van der Waals surface area contributed by atoms with Gasteiger partial charge in [-0.15, -0.1) is 0 Å². The third-order valence-corrected chi connectivity index (χ3v) is 8.42. The second-order valence-corrected chi connectivity index (χ2v) is 12.0. The number of nitrogens with zero attached hydrogens (tertiary/aromatic N) is 2. The van der Waals surface area contributed by atoms with Crippen molar-refractivity contribution in [2.75, 3.05) is 25.0 Å². The first kappa shape index (κ1) is 27.6. The number of hydrogen-bond donors (Lipinski definition) is 0. The molecular formula is C34H38N2O4. The zero-order valence-electron chi connectivity index (χ0n) is 23.8. The average molecular weight is 539 g/mol. The zero-order valence-corrected chi connectivity index (χ0v) is 23.8. The van der Waals surface area contributed by atoms with Gasteiger partial charge in [-0.1, -0.05) is 78.9 Å². The Balaban J connectivity index is 1.43. The molecule has 1 saturated heterocycles. The number of benzene rings is 3. The molecule has 1 aliphatic heterocycles. The molecule has 208 valence electrons. The number of anilines is 1. The maximum Gasteiger partial charge on any atom is 0.414 e. The Hall–Kier alpha value is -3.93. The molecule has 0 spiro atoms. The van der Waals surface area contributed by atoms with Crippen molar-refractivity contribution in [3.05, 3.63) is 102 Å². The highest BCUT2D eigenvalue weighted by molar-refractivity contribution is 5.91. The van der Waals surface area contributed by atoms with Crippen LogP contribution in [0.15, 0.2) is 84.9 Å². The minimum Gasteiger partial charge on any atom is -0.443 e. The van der Waals surface area contributed by atoms with Crippen LogP contribution in [0, 0.1) is 11.8 Å². The molecule has 6 nitrogen and oxygen atoms in total. The number of Topliss-reactive ketones (excluding diaryl/α,β-unsaturated/α-hetero) is 1. The van der Waals surface area contributed by atoms with Crippen molar-refractivity contribution in [3.8, 4) is 0 Å². The lowest BCUT2D eigenvalue weighted by Gasteiger charge is -2.45. The van der Waals surface area contributed by atoms with Gasteiger partial charge < -0.3 is 9.64 Å². The van der Waals surface area contributed by atoms with Crippen LogP contribution in [0.5, 0.6) is 0 Å². The Morgan fingerprint density at radius 3 is 2.08 bits per heavy atom. The van der Waals surface area contributed by atoms with Gasteiger partial charge in [0, 0.05) is 43.8 Å². The smallest absolute Gasteiger partial charge is 0.414 e. The largest absolute Gasteiger partial charge is 0.443 e. The SMILES string of the molecule is CN(C(=O)OC(C)(C)C)c1ccccc1CC(=O)N1CC2C(=O)CCC(c3ccccc3)(c3ccccc3)C2C1. The molecule has 3 aromatic carbocycles. The third kappa shape index (κ3) is 5.27. The highest BCUT2D eigenvalue weighted by Crippen LogP contribution is 2.52. The van der Waals surface area contributed by atoms with E-state index >= 15 is 0 Å². The molecule has 6 heteroatoms. The summed E-state index contributed by atoms with van der Waals surface area (Å²) in [6.45, 7) is 6.42. The summed E-state index contributed by atoms with van der Waals surface area (Å²) in [5.74, 6) is -0.0184. The van der Waals surface area contributed by atoms with Crippen molar-refractivity contribution in [2.45, 2.75) is 51.0 Å².